The number of halogens is 2. The molecule has 3 aromatic carbocycles. The van der Waals surface area contributed by atoms with Crippen LogP contribution >= 0.6 is 23.2 Å². The van der Waals surface area contributed by atoms with E-state index in [1.54, 1.807) is 18.2 Å². The van der Waals surface area contributed by atoms with Crippen LogP contribution in [0.25, 0.3) is 10.9 Å². The summed E-state index contributed by atoms with van der Waals surface area (Å²) in [6.45, 7) is 4.27. The summed E-state index contributed by atoms with van der Waals surface area (Å²) in [6, 6.07) is 15.6. The quantitative estimate of drug-likeness (QED) is 0.146. The van der Waals surface area contributed by atoms with Crippen molar-refractivity contribution in [2.45, 2.75) is 49.1 Å². The monoisotopic (exact) mass is 758 g/mol. The van der Waals surface area contributed by atoms with Gasteiger partial charge in [-0.05, 0) is 74.2 Å². The minimum Gasteiger partial charge on any atom is -0.487 e. The lowest BCUT2D eigenvalue weighted by atomic mass is 10.1. The fourth-order valence-electron chi connectivity index (χ4n) is 6.45. The molecule has 0 bridgehead atoms. The van der Waals surface area contributed by atoms with Crippen molar-refractivity contribution in [2.24, 2.45) is 10.9 Å². The number of carbonyl (C=O) groups is 1. The molecule has 264 valence electrons. The first-order valence-electron chi connectivity index (χ1n) is 15.9. The van der Waals surface area contributed by atoms with Crippen LogP contribution in [0.2, 0.25) is 10.0 Å². The zero-order chi connectivity index (χ0) is 35.8. The lowest BCUT2D eigenvalue weighted by Gasteiger charge is -2.36. The third-order valence-electron chi connectivity index (χ3n) is 9.03. The highest BCUT2D eigenvalue weighted by atomic mass is 35.5. The molecule has 2 aliphatic heterocycles. The molecule has 3 heterocycles. The highest BCUT2D eigenvalue weighted by Crippen LogP contribution is 2.37. The van der Waals surface area contributed by atoms with Crippen molar-refractivity contribution in [3.8, 4) is 5.75 Å². The van der Waals surface area contributed by atoms with Crippen LogP contribution in [0.1, 0.15) is 35.2 Å². The van der Waals surface area contributed by atoms with E-state index in [-0.39, 0.29) is 70.6 Å². The highest BCUT2D eigenvalue weighted by molar-refractivity contribution is 7.89. The van der Waals surface area contributed by atoms with Crippen molar-refractivity contribution in [3.63, 3.8) is 0 Å². The van der Waals surface area contributed by atoms with Crippen LogP contribution in [-0.4, -0.2) is 86.2 Å². The zero-order valence-corrected chi connectivity index (χ0v) is 30.6. The van der Waals surface area contributed by atoms with E-state index in [0.717, 1.165) is 16.6 Å². The summed E-state index contributed by atoms with van der Waals surface area (Å²) in [6.07, 6.45) is 2.21. The lowest BCUT2D eigenvalue weighted by Crippen LogP contribution is -2.55. The molecule has 0 spiro atoms. The SMILES string of the molecule is Cc1cc(C)c2cccc(OCc3c(Cl)ccc(S(=O)(=O)N4CCC[C@H]4C(=O)N4CCN(S(=O)(=O)c5ccc(C=NN)cc5)CC4)c3Cl)c2n1. The molecule has 4 aromatic rings. The molecule has 1 amide bonds. The van der Waals surface area contributed by atoms with Crippen molar-refractivity contribution >= 4 is 66.3 Å². The van der Waals surface area contributed by atoms with Crippen molar-refractivity contribution in [2.75, 3.05) is 32.7 Å². The number of para-hydroxylation sites is 1. The number of aryl methyl sites for hydroxylation is 2. The van der Waals surface area contributed by atoms with Gasteiger partial charge >= 0.3 is 0 Å². The highest BCUT2D eigenvalue weighted by Gasteiger charge is 2.43. The fraction of sp³-hybridized carbons (Fsp3) is 0.324. The molecule has 1 aromatic heterocycles. The number of hydrogen-bond donors (Lipinski definition) is 1. The third kappa shape index (κ3) is 6.92. The van der Waals surface area contributed by atoms with Gasteiger partial charge in [-0.1, -0.05) is 47.5 Å². The molecule has 0 aliphatic carbocycles. The molecule has 2 fully saturated rings. The number of hydrazone groups is 1. The number of carbonyl (C=O) groups excluding carboxylic acids is 1. The largest absolute Gasteiger partial charge is 0.487 e. The molecule has 0 radical (unpaired) electrons. The molecule has 0 saturated carbocycles. The number of nitrogens with two attached hydrogens (primary N) is 1. The summed E-state index contributed by atoms with van der Waals surface area (Å²) in [5.74, 6) is 5.30. The maximum atomic E-state index is 14.1. The molecular weight excluding hydrogens is 723 g/mol. The van der Waals surface area contributed by atoms with Crippen LogP contribution in [0.4, 0.5) is 0 Å². The summed E-state index contributed by atoms with van der Waals surface area (Å²) in [4.78, 5) is 19.9. The van der Waals surface area contributed by atoms with Gasteiger partial charge in [0.25, 0.3) is 0 Å². The molecule has 16 heteroatoms. The van der Waals surface area contributed by atoms with E-state index in [4.69, 9.17) is 33.8 Å². The number of nitrogens with zero attached hydrogens (tertiary/aromatic N) is 5. The number of rotatable bonds is 9. The number of benzene rings is 3. The Labute approximate surface area is 301 Å². The Morgan fingerprint density at radius 3 is 2.40 bits per heavy atom. The number of hydrogen-bond acceptors (Lipinski definition) is 9. The molecule has 2 N–H and O–H groups in total. The molecule has 6 rings (SSSR count). The van der Waals surface area contributed by atoms with Crippen LogP contribution in [0.15, 0.2) is 75.6 Å². The number of amides is 1. The van der Waals surface area contributed by atoms with E-state index >= 15 is 0 Å². The van der Waals surface area contributed by atoms with Crippen molar-refractivity contribution in [1.82, 2.24) is 18.5 Å². The number of fused-ring (bicyclic) bond motifs is 1. The normalized spacial score (nSPS) is 17.9. The average Bonchev–Trinajstić information content (AvgIpc) is 3.60. The number of piperazine rings is 1. The molecule has 50 heavy (non-hydrogen) atoms. The van der Waals surface area contributed by atoms with E-state index in [2.05, 4.69) is 10.1 Å². The van der Waals surface area contributed by atoms with Crippen molar-refractivity contribution in [3.05, 3.63) is 93.1 Å². The van der Waals surface area contributed by atoms with Gasteiger partial charge < -0.3 is 15.5 Å². The molecular formula is C34H36Cl2N6O6S2. The van der Waals surface area contributed by atoms with Crippen molar-refractivity contribution in [1.29, 1.82) is 0 Å². The first-order valence-corrected chi connectivity index (χ1v) is 19.6. The van der Waals surface area contributed by atoms with Gasteiger partial charge in [0.15, 0.2) is 0 Å². The maximum Gasteiger partial charge on any atom is 0.245 e. The molecule has 1 atom stereocenters. The first kappa shape index (κ1) is 36.0. The van der Waals surface area contributed by atoms with Gasteiger partial charge in [-0.25, -0.2) is 21.8 Å². The summed E-state index contributed by atoms with van der Waals surface area (Å²) >= 11 is 13.3. The Morgan fingerprint density at radius 2 is 1.70 bits per heavy atom. The number of pyridine rings is 1. The van der Waals surface area contributed by atoms with Crippen LogP contribution in [0.5, 0.6) is 5.75 Å². The second kappa shape index (κ2) is 14.4. The van der Waals surface area contributed by atoms with E-state index in [9.17, 15) is 21.6 Å². The number of ether oxygens (including phenoxy) is 1. The first-order chi connectivity index (χ1) is 23.8. The Kier molecular flexibility index (Phi) is 10.4. The van der Waals surface area contributed by atoms with Crippen molar-refractivity contribution < 1.29 is 26.4 Å². The smallest absolute Gasteiger partial charge is 0.245 e. The summed E-state index contributed by atoms with van der Waals surface area (Å²) < 4.78 is 63.4. The molecule has 0 unspecified atom stereocenters. The number of sulfonamides is 2. The van der Waals surface area contributed by atoms with E-state index in [1.807, 2.05) is 32.0 Å². The van der Waals surface area contributed by atoms with Crippen LogP contribution in [0, 0.1) is 13.8 Å². The van der Waals surface area contributed by atoms with Gasteiger partial charge in [-0.3, -0.25) is 4.79 Å². The Balaban J connectivity index is 1.17. The fourth-order valence-corrected chi connectivity index (χ4v) is 10.4. The van der Waals surface area contributed by atoms with Gasteiger partial charge in [0.1, 0.15) is 28.8 Å². The van der Waals surface area contributed by atoms with Crippen LogP contribution < -0.4 is 10.6 Å². The summed E-state index contributed by atoms with van der Waals surface area (Å²) in [5, 5.41) is 4.52. The van der Waals surface area contributed by atoms with Gasteiger partial charge in [0.05, 0.1) is 16.1 Å². The molecule has 2 aliphatic rings. The summed E-state index contributed by atoms with van der Waals surface area (Å²) in [5.41, 5.74) is 3.50. The topological polar surface area (TPSA) is 156 Å². The predicted octanol–water partition coefficient (Wildman–Crippen LogP) is 4.72. The second-order valence-electron chi connectivity index (χ2n) is 12.2. The van der Waals surface area contributed by atoms with Crippen LogP contribution in [-0.2, 0) is 31.4 Å². The Bertz CT molecular complexity index is 2190. The van der Waals surface area contributed by atoms with Gasteiger partial charge in [-0.2, -0.15) is 13.7 Å². The minimum atomic E-state index is -4.24. The summed E-state index contributed by atoms with van der Waals surface area (Å²) in [7, 11) is -8.05. The predicted molar refractivity (Wildman–Crippen MR) is 192 cm³/mol. The average molecular weight is 760 g/mol. The van der Waals surface area contributed by atoms with E-state index in [1.165, 1.54) is 44.0 Å². The number of aromatic nitrogens is 1. The zero-order valence-electron chi connectivity index (χ0n) is 27.4. The van der Waals surface area contributed by atoms with Gasteiger partial charge in [0.2, 0.25) is 26.0 Å². The van der Waals surface area contributed by atoms with E-state index in [0.29, 0.717) is 29.7 Å². The molecule has 12 nitrogen and oxygen atoms in total. The second-order valence-corrected chi connectivity index (χ2v) is 16.8. The standard InChI is InChI=1S/C34H36Cl2N6O6S2/c1-22-19-23(2)39-33-26(22)5-3-7-30(33)48-21-27-28(35)12-13-31(32(27)36)50(46,47)42-14-4-6-29(42)34(43)40-15-17-41(18-16-40)49(44,45)25-10-8-24(9-11-25)20-38-37/h3,5,7-13,19-20,29H,4,6,14-18,21,37H2,1-2H3/t29-/m0/s1. The molecule has 2 saturated heterocycles. The van der Waals surface area contributed by atoms with Gasteiger partial charge in [0, 0.05) is 54.4 Å². The minimum absolute atomic E-state index is 0.0667. The van der Waals surface area contributed by atoms with Crippen LogP contribution in [0.3, 0.4) is 0 Å². The Hall–Kier alpha value is -3.79. The lowest BCUT2D eigenvalue weighted by molar-refractivity contribution is -0.135. The maximum absolute atomic E-state index is 14.1. The van der Waals surface area contributed by atoms with Gasteiger partial charge in [-0.15, -0.1) is 0 Å². The van der Waals surface area contributed by atoms with E-state index < -0.39 is 26.1 Å². The Morgan fingerprint density at radius 1 is 0.980 bits per heavy atom. The third-order valence-corrected chi connectivity index (χ3v) is 13.8.